The van der Waals surface area contributed by atoms with Crippen LogP contribution in [0.1, 0.15) is 40.1 Å². The second-order valence-electron chi connectivity index (χ2n) is 8.34. The highest BCUT2D eigenvalue weighted by molar-refractivity contribution is 7.98. The van der Waals surface area contributed by atoms with E-state index in [2.05, 4.69) is 0 Å². The Labute approximate surface area is 201 Å². The third-order valence-electron chi connectivity index (χ3n) is 6.34. The molecule has 5 rings (SSSR count). The number of thioether (sulfide) groups is 1. The molecule has 0 unspecified atom stereocenters. The van der Waals surface area contributed by atoms with Crippen molar-refractivity contribution in [3.63, 3.8) is 0 Å². The van der Waals surface area contributed by atoms with Gasteiger partial charge in [0.2, 0.25) is 5.43 Å². The molecule has 2 atom stereocenters. The number of halogens is 4. The van der Waals surface area contributed by atoms with Crippen molar-refractivity contribution < 1.29 is 27.5 Å². The van der Waals surface area contributed by atoms with Gasteiger partial charge in [0.05, 0.1) is 6.04 Å². The first-order valence-electron chi connectivity index (χ1n) is 10.7. The van der Waals surface area contributed by atoms with Gasteiger partial charge in [-0.25, -0.2) is 4.39 Å². The lowest BCUT2D eigenvalue weighted by molar-refractivity contribution is -0.173. The standard InChI is InChI=1S/C24H19F4N3O3S/c1-13(24(26,27)28)29-12-31(30-10-9-18(32)21(33)20(30)23(29)34)19-15-6-3-2-5-14(15)11-35-22-16(19)7-4-8-17(22)25/h2-10,13,19,33H,11-12H2,1H3/t13-,19-/m0/s1. The molecule has 0 saturated carbocycles. The summed E-state index contributed by atoms with van der Waals surface area (Å²) in [5.74, 6) is -2.12. The zero-order chi connectivity index (χ0) is 25.1. The molecule has 1 N–H and O–H groups in total. The largest absolute Gasteiger partial charge is 0.502 e. The molecule has 3 aromatic rings. The Hall–Kier alpha value is -3.47. The van der Waals surface area contributed by atoms with Crippen LogP contribution in [-0.2, 0) is 5.75 Å². The number of aromatic nitrogens is 1. The van der Waals surface area contributed by atoms with Crippen molar-refractivity contribution in [2.24, 2.45) is 0 Å². The van der Waals surface area contributed by atoms with Gasteiger partial charge in [-0.15, -0.1) is 11.8 Å². The van der Waals surface area contributed by atoms with Crippen molar-refractivity contribution in [3.8, 4) is 5.75 Å². The second-order valence-corrected chi connectivity index (χ2v) is 9.33. The van der Waals surface area contributed by atoms with E-state index in [9.17, 15) is 32.3 Å². The van der Waals surface area contributed by atoms with Crippen LogP contribution in [0.15, 0.2) is 64.4 Å². The van der Waals surface area contributed by atoms with Gasteiger partial charge in [-0.1, -0.05) is 36.4 Å². The van der Waals surface area contributed by atoms with E-state index < -0.39 is 53.5 Å². The highest BCUT2D eigenvalue weighted by Gasteiger charge is 2.47. The summed E-state index contributed by atoms with van der Waals surface area (Å²) in [6.07, 6.45) is -3.51. The van der Waals surface area contributed by atoms with E-state index in [0.717, 1.165) is 18.6 Å². The smallest absolute Gasteiger partial charge is 0.408 e. The summed E-state index contributed by atoms with van der Waals surface area (Å²) in [4.78, 5) is 26.2. The molecule has 6 nitrogen and oxygen atoms in total. The van der Waals surface area contributed by atoms with Crippen LogP contribution in [0.2, 0.25) is 0 Å². The van der Waals surface area contributed by atoms with Crippen LogP contribution in [0.4, 0.5) is 17.6 Å². The maximum atomic E-state index is 14.9. The van der Waals surface area contributed by atoms with E-state index in [0.29, 0.717) is 26.7 Å². The third kappa shape index (κ3) is 3.74. The van der Waals surface area contributed by atoms with Crippen LogP contribution < -0.4 is 10.4 Å². The first-order valence-corrected chi connectivity index (χ1v) is 11.7. The van der Waals surface area contributed by atoms with Gasteiger partial charge in [-0.05, 0) is 29.7 Å². The quantitative estimate of drug-likeness (QED) is 0.524. The van der Waals surface area contributed by atoms with E-state index in [1.807, 2.05) is 12.1 Å². The van der Waals surface area contributed by atoms with Gasteiger partial charge in [-0.2, -0.15) is 13.2 Å². The first-order chi connectivity index (χ1) is 16.6. The van der Waals surface area contributed by atoms with Crippen LogP contribution in [-0.4, -0.2) is 39.5 Å². The Morgan fingerprint density at radius 3 is 2.51 bits per heavy atom. The van der Waals surface area contributed by atoms with E-state index in [1.54, 1.807) is 18.2 Å². The third-order valence-corrected chi connectivity index (χ3v) is 7.52. The molecule has 3 heterocycles. The van der Waals surface area contributed by atoms with Crippen LogP contribution >= 0.6 is 11.8 Å². The minimum atomic E-state index is -4.75. The maximum Gasteiger partial charge on any atom is 0.408 e. The highest BCUT2D eigenvalue weighted by Crippen LogP contribution is 2.44. The highest BCUT2D eigenvalue weighted by atomic mass is 32.2. The molecule has 2 aromatic carbocycles. The molecule has 0 saturated heterocycles. The fourth-order valence-electron chi connectivity index (χ4n) is 4.50. The SMILES string of the molecule is C[C@H](N1CN([C@H]2c3ccccc3CSc3c(F)cccc32)n2ccc(=O)c(O)c2C1=O)C(F)(F)F. The lowest BCUT2D eigenvalue weighted by atomic mass is 9.94. The molecule has 35 heavy (non-hydrogen) atoms. The molecule has 0 aliphatic carbocycles. The molecule has 0 bridgehead atoms. The first kappa shape index (κ1) is 23.3. The number of rotatable bonds is 2. The molecule has 0 radical (unpaired) electrons. The minimum Gasteiger partial charge on any atom is -0.502 e. The number of fused-ring (bicyclic) bond motifs is 3. The fourth-order valence-corrected chi connectivity index (χ4v) is 5.61. The van der Waals surface area contributed by atoms with Crippen molar-refractivity contribution in [1.29, 1.82) is 0 Å². The van der Waals surface area contributed by atoms with Gasteiger partial charge < -0.3 is 10.0 Å². The monoisotopic (exact) mass is 505 g/mol. The Balaban J connectivity index is 1.79. The van der Waals surface area contributed by atoms with Crippen molar-refractivity contribution >= 4 is 17.7 Å². The molecule has 2 aliphatic heterocycles. The van der Waals surface area contributed by atoms with Gasteiger partial charge in [0.1, 0.15) is 18.5 Å². The van der Waals surface area contributed by atoms with Gasteiger partial charge in [0, 0.05) is 22.9 Å². The van der Waals surface area contributed by atoms with E-state index in [-0.39, 0.29) is 0 Å². The van der Waals surface area contributed by atoms with Crippen LogP contribution in [0.25, 0.3) is 0 Å². The number of alkyl halides is 3. The van der Waals surface area contributed by atoms with Crippen molar-refractivity contribution in [1.82, 2.24) is 9.58 Å². The molecule has 1 amide bonds. The number of carbonyl (C=O) groups is 1. The Bertz CT molecular complexity index is 1390. The van der Waals surface area contributed by atoms with Gasteiger partial charge in [-0.3, -0.25) is 19.3 Å². The predicted octanol–water partition coefficient (Wildman–Crippen LogP) is 4.39. The summed E-state index contributed by atoms with van der Waals surface area (Å²) in [6, 6.07) is 9.78. The van der Waals surface area contributed by atoms with Crippen LogP contribution in [0, 0.1) is 5.82 Å². The van der Waals surface area contributed by atoms with Crippen molar-refractivity contribution in [2.45, 2.75) is 35.8 Å². The average molecular weight is 505 g/mol. The second kappa shape index (κ2) is 8.33. The van der Waals surface area contributed by atoms with Gasteiger partial charge in [0.25, 0.3) is 5.91 Å². The number of hydrogen-bond donors (Lipinski definition) is 1. The molecule has 182 valence electrons. The summed E-state index contributed by atoms with van der Waals surface area (Å²) < 4.78 is 57.3. The van der Waals surface area contributed by atoms with E-state index >= 15 is 0 Å². The zero-order valence-corrected chi connectivity index (χ0v) is 19.1. The fraction of sp³-hybridized carbons (Fsp3) is 0.250. The number of aromatic hydroxyl groups is 1. The summed E-state index contributed by atoms with van der Waals surface area (Å²) in [5, 5.41) is 11.9. The topological polar surface area (TPSA) is 65.8 Å². The molecular weight excluding hydrogens is 486 g/mol. The van der Waals surface area contributed by atoms with E-state index in [4.69, 9.17) is 0 Å². The number of pyridine rings is 1. The molecule has 0 fully saturated rings. The normalized spacial score (nSPS) is 18.4. The number of amides is 1. The molecule has 11 heteroatoms. The van der Waals surface area contributed by atoms with E-state index in [1.165, 1.54) is 39.8 Å². The Morgan fingerprint density at radius 2 is 1.77 bits per heavy atom. The molecule has 0 spiro atoms. The van der Waals surface area contributed by atoms with Gasteiger partial charge in [0.15, 0.2) is 11.4 Å². The van der Waals surface area contributed by atoms with Crippen molar-refractivity contribution in [3.05, 3.63) is 93.2 Å². The zero-order valence-electron chi connectivity index (χ0n) is 18.3. The Morgan fingerprint density at radius 1 is 1.06 bits per heavy atom. The maximum absolute atomic E-state index is 14.9. The van der Waals surface area contributed by atoms with Crippen LogP contribution in [0.5, 0.6) is 5.75 Å². The number of hydrogen-bond acceptors (Lipinski definition) is 5. The van der Waals surface area contributed by atoms with Crippen LogP contribution in [0.3, 0.4) is 0 Å². The van der Waals surface area contributed by atoms with Gasteiger partial charge >= 0.3 is 6.18 Å². The Kier molecular flexibility index (Phi) is 5.54. The summed E-state index contributed by atoms with van der Waals surface area (Å²) >= 11 is 1.27. The number of carbonyl (C=O) groups excluding carboxylic acids is 1. The lowest BCUT2D eigenvalue weighted by Gasteiger charge is -2.46. The number of nitrogens with zero attached hydrogens (tertiary/aromatic N) is 3. The van der Waals surface area contributed by atoms with Crippen molar-refractivity contribution in [2.75, 3.05) is 11.7 Å². The summed E-state index contributed by atoms with van der Waals surface area (Å²) in [6.45, 7) is 0.322. The molecule has 1 aromatic heterocycles. The lowest BCUT2D eigenvalue weighted by Crippen LogP contribution is -2.60. The molecular formula is C24H19F4N3O3S. The predicted molar refractivity (Wildman–Crippen MR) is 121 cm³/mol. The number of benzene rings is 2. The molecule has 2 aliphatic rings. The summed E-state index contributed by atoms with van der Waals surface area (Å²) in [5.41, 5.74) is 0.583. The minimum absolute atomic E-state index is 0.341. The average Bonchev–Trinajstić information content (AvgIpc) is 2.98. The summed E-state index contributed by atoms with van der Waals surface area (Å²) in [7, 11) is 0.